The lowest BCUT2D eigenvalue weighted by Crippen LogP contribution is -2.37. The average molecular weight is 266 g/mol. The molecular weight excluding hydrogens is 244 g/mol. The van der Waals surface area contributed by atoms with Crippen molar-refractivity contribution in [3.05, 3.63) is 29.8 Å². The van der Waals surface area contributed by atoms with E-state index in [1.165, 1.54) is 7.11 Å². The fraction of sp³-hybridized carbons (Fsp3) is 0.500. The van der Waals surface area contributed by atoms with E-state index >= 15 is 0 Å². The zero-order valence-corrected chi connectivity index (χ0v) is 11.7. The van der Waals surface area contributed by atoms with Crippen molar-refractivity contribution < 1.29 is 14.6 Å². The normalized spacial score (nSPS) is 12.5. The molecule has 106 valence electrons. The molecule has 0 radical (unpaired) electrons. The van der Waals surface area contributed by atoms with Gasteiger partial charge in [-0.1, -0.05) is 12.1 Å². The second kappa shape index (κ2) is 7.89. The van der Waals surface area contributed by atoms with Crippen molar-refractivity contribution in [2.24, 2.45) is 0 Å². The van der Waals surface area contributed by atoms with Gasteiger partial charge in [0, 0.05) is 19.3 Å². The highest BCUT2D eigenvalue weighted by Gasteiger charge is 2.11. The number of aryl methyl sites for hydroxylation is 1. The minimum absolute atomic E-state index is 0.0993. The van der Waals surface area contributed by atoms with Gasteiger partial charge in [-0.2, -0.15) is 0 Å². The highest BCUT2D eigenvalue weighted by Crippen LogP contribution is 2.09. The van der Waals surface area contributed by atoms with E-state index in [0.29, 0.717) is 6.54 Å². The first kappa shape index (κ1) is 15.6. The maximum Gasteiger partial charge on any atom is 0.238 e. The third-order valence-corrected chi connectivity index (χ3v) is 2.60. The van der Waals surface area contributed by atoms with Crippen molar-refractivity contribution in [3.63, 3.8) is 0 Å². The molecule has 0 saturated carbocycles. The summed E-state index contributed by atoms with van der Waals surface area (Å²) < 4.78 is 4.84. The smallest absolute Gasteiger partial charge is 0.238 e. The van der Waals surface area contributed by atoms with Gasteiger partial charge in [0.1, 0.15) is 0 Å². The largest absolute Gasteiger partial charge is 0.389 e. The van der Waals surface area contributed by atoms with Crippen molar-refractivity contribution in [2.75, 3.05) is 39.2 Å². The predicted molar refractivity (Wildman–Crippen MR) is 75.2 cm³/mol. The molecule has 0 bridgehead atoms. The number of methoxy groups -OCH3 is 1. The predicted octanol–water partition coefficient (Wildman–Crippen LogP) is 0.873. The topological polar surface area (TPSA) is 61.8 Å². The van der Waals surface area contributed by atoms with Gasteiger partial charge in [0.2, 0.25) is 5.91 Å². The molecule has 0 aliphatic heterocycles. The number of amides is 1. The second-order valence-electron chi connectivity index (χ2n) is 4.72. The number of benzene rings is 1. The lowest BCUT2D eigenvalue weighted by molar-refractivity contribution is -0.117. The van der Waals surface area contributed by atoms with Crippen LogP contribution in [0, 0.1) is 6.92 Å². The monoisotopic (exact) mass is 266 g/mol. The molecule has 1 unspecified atom stereocenters. The summed E-state index contributed by atoms with van der Waals surface area (Å²) >= 11 is 0. The van der Waals surface area contributed by atoms with Gasteiger partial charge >= 0.3 is 0 Å². The van der Waals surface area contributed by atoms with Crippen LogP contribution in [0.15, 0.2) is 24.3 Å². The summed E-state index contributed by atoms with van der Waals surface area (Å²) in [5.74, 6) is -0.0993. The highest BCUT2D eigenvalue weighted by atomic mass is 16.5. The Balaban J connectivity index is 2.38. The second-order valence-corrected chi connectivity index (χ2v) is 4.72. The lowest BCUT2D eigenvalue weighted by Gasteiger charge is -2.19. The molecule has 0 heterocycles. The summed E-state index contributed by atoms with van der Waals surface area (Å²) in [6.45, 7) is 2.87. The Hall–Kier alpha value is -1.43. The van der Waals surface area contributed by atoms with Crippen molar-refractivity contribution in [2.45, 2.75) is 13.0 Å². The first-order valence-corrected chi connectivity index (χ1v) is 6.23. The molecule has 0 aliphatic carbocycles. The number of nitrogens with one attached hydrogen (secondary N) is 1. The van der Waals surface area contributed by atoms with Gasteiger partial charge in [0.15, 0.2) is 0 Å². The molecule has 0 saturated heterocycles. The molecule has 0 aromatic heterocycles. The van der Waals surface area contributed by atoms with E-state index in [1.807, 2.05) is 31.2 Å². The van der Waals surface area contributed by atoms with Gasteiger partial charge in [-0.3, -0.25) is 9.69 Å². The minimum atomic E-state index is -0.582. The molecule has 1 atom stereocenters. The number of hydrogen-bond acceptors (Lipinski definition) is 4. The van der Waals surface area contributed by atoms with Crippen molar-refractivity contribution >= 4 is 11.6 Å². The van der Waals surface area contributed by atoms with E-state index in [0.717, 1.165) is 11.3 Å². The Morgan fingerprint density at radius 1 is 1.53 bits per heavy atom. The molecule has 0 spiro atoms. The number of aliphatic hydroxyl groups is 1. The van der Waals surface area contributed by atoms with E-state index in [9.17, 15) is 9.90 Å². The van der Waals surface area contributed by atoms with Crippen LogP contribution in [0.4, 0.5) is 5.69 Å². The molecule has 1 amide bonds. The van der Waals surface area contributed by atoms with Crippen LogP contribution in [-0.4, -0.2) is 55.9 Å². The number of rotatable bonds is 7. The lowest BCUT2D eigenvalue weighted by atomic mass is 10.2. The van der Waals surface area contributed by atoms with Crippen LogP contribution in [0.5, 0.6) is 0 Å². The highest BCUT2D eigenvalue weighted by molar-refractivity contribution is 5.92. The van der Waals surface area contributed by atoms with Gasteiger partial charge in [-0.05, 0) is 31.7 Å². The molecular formula is C14H22N2O3. The Labute approximate surface area is 114 Å². The molecule has 1 aromatic rings. The van der Waals surface area contributed by atoms with E-state index in [1.54, 1.807) is 11.9 Å². The van der Waals surface area contributed by atoms with Crippen LogP contribution >= 0.6 is 0 Å². The number of ether oxygens (including phenoxy) is 1. The van der Waals surface area contributed by atoms with Crippen molar-refractivity contribution in [1.82, 2.24) is 4.90 Å². The van der Waals surface area contributed by atoms with E-state index in [-0.39, 0.29) is 19.1 Å². The van der Waals surface area contributed by atoms with E-state index < -0.39 is 6.10 Å². The third-order valence-electron chi connectivity index (χ3n) is 2.60. The van der Waals surface area contributed by atoms with Crippen LogP contribution in [0.25, 0.3) is 0 Å². The Morgan fingerprint density at radius 2 is 2.26 bits per heavy atom. The quantitative estimate of drug-likeness (QED) is 0.769. The molecule has 2 N–H and O–H groups in total. The van der Waals surface area contributed by atoms with Crippen molar-refractivity contribution in [1.29, 1.82) is 0 Å². The van der Waals surface area contributed by atoms with Crippen molar-refractivity contribution in [3.8, 4) is 0 Å². The number of anilines is 1. The standard InChI is InChI=1S/C14H22N2O3/c1-11-5-4-6-12(7-11)15-14(18)9-16(2)8-13(17)10-19-3/h4-7,13,17H,8-10H2,1-3H3,(H,15,18). The first-order valence-electron chi connectivity index (χ1n) is 6.23. The fourth-order valence-electron chi connectivity index (χ4n) is 1.84. The van der Waals surface area contributed by atoms with Gasteiger partial charge in [0.05, 0.1) is 19.3 Å². The minimum Gasteiger partial charge on any atom is -0.389 e. The third kappa shape index (κ3) is 6.33. The molecule has 0 fully saturated rings. The SMILES string of the molecule is COCC(O)CN(C)CC(=O)Nc1cccc(C)c1. The Bertz CT molecular complexity index is 409. The van der Waals surface area contributed by atoms with Gasteiger partial charge in [-0.15, -0.1) is 0 Å². The number of hydrogen-bond donors (Lipinski definition) is 2. The van der Waals surface area contributed by atoms with E-state index in [4.69, 9.17) is 4.74 Å². The Kier molecular flexibility index (Phi) is 6.49. The summed E-state index contributed by atoms with van der Waals surface area (Å²) in [6.07, 6.45) is -0.582. The van der Waals surface area contributed by atoms with Crippen LogP contribution in [-0.2, 0) is 9.53 Å². The summed E-state index contributed by atoms with van der Waals surface area (Å²) in [4.78, 5) is 13.6. The number of aliphatic hydroxyl groups excluding tert-OH is 1. The van der Waals surface area contributed by atoms with E-state index in [2.05, 4.69) is 5.32 Å². The fourth-order valence-corrected chi connectivity index (χ4v) is 1.84. The molecule has 0 aliphatic rings. The van der Waals surface area contributed by atoms with Crippen LogP contribution in [0.1, 0.15) is 5.56 Å². The summed E-state index contributed by atoms with van der Waals surface area (Å²) in [5.41, 5.74) is 1.89. The van der Waals surface area contributed by atoms with Crippen LogP contribution in [0.3, 0.4) is 0 Å². The zero-order valence-electron chi connectivity index (χ0n) is 11.7. The summed E-state index contributed by atoms with van der Waals surface area (Å²) in [5, 5.41) is 12.4. The average Bonchev–Trinajstić information content (AvgIpc) is 2.28. The number of nitrogens with zero attached hydrogens (tertiary/aromatic N) is 1. The number of likely N-dealkylation sites (N-methyl/N-ethyl adjacent to an activating group) is 1. The Morgan fingerprint density at radius 3 is 2.89 bits per heavy atom. The maximum atomic E-state index is 11.8. The van der Waals surface area contributed by atoms with Crippen LogP contribution < -0.4 is 5.32 Å². The zero-order chi connectivity index (χ0) is 14.3. The summed E-state index contributed by atoms with van der Waals surface area (Å²) in [7, 11) is 3.32. The molecule has 5 nitrogen and oxygen atoms in total. The molecule has 1 aromatic carbocycles. The molecule has 1 rings (SSSR count). The first-order chi connectivity index (χ1) is 9.01. The number of carbonyl (C=O) groups excluding carboxylic acids is 1. The molecule has 5 heteroatoms. The van der Waals surface area contributed by atoms with Crippen LogP contribution in [0.2, 0.25) is 0 Å². The van der Waals surface area contributed by atoms with Gasteiger partial charge < -0.3 is 15.2 Å². The van der Waals surface area contributed by atoms with Gasteiger partial charge in [-0.25, -0.2) is 0 Å². The maximum absolute atomic E-state index is 11.8. The van der Waals surface area contributed by atoms with Gasteiger partial charge in [0.25, 0.3) is 0 Å². The molecule has 19 heavy (non-hydrogen) atoms. The number of carbonyl (C=O) groups is 1. The summed E-state index contributed by atoms with van der Waals surface area (Å²) in [6, 6.07) is 7.64.